The van der Waals surface area contributed by atoms with Crippen molar-refractivity contribution in [3.8, 4) is 0 Å². The normalized spacial score (nSPS) is 23.4. The zero-order chi connectivity index (χ0) is 17.8. The van der Waals surface area contributed by atoms with Crippen LogP contribution in [0.1, 0.15) is 66.5 Å². The van der Waals surface area contributed by atoms with E-state index in [1.165, 1.54) is 5.56 Å². The second kappa shape index (κ2) is 9.33. The molecule has 1 aliphatic carbocycles. The maximum atomic E-state index is 12.5. The van der Waals surface area contributed by atoms with Crippen LogP contribution in [0.3, 0.4) is 0 Å². The van der Waals surface area contributed by atoms with Gasteiger partial charge in [0.05, 0.1) is 12.2 Å². The Morgan fingerprint density at radius 3 is 2.44 bits per heavy atom. The zero-order valence-corrected chi connectivity index (χ0v) is 16.3. The number of benzene rings is 1. The topological polar surface area (TPSA) is 71.8 Å². The molecule has 0 radical (unpaired) electrons. The second-order valence-corrected chi connectivity index (χ2v) is 7.50. The first-order valence-electron chi connectivity index (χ1n) is 9.78. The molecular formula is C20H28ClN5O. The van der Waals surface area contributed by atoms with Crippen LogP contribution in [0.5, 0.6) is 0 Å². The van der Waals surface area contributed by atoms with Crippen LogP contribution in [0, 0.1) is 0 Å². The maximum Gasteiger partial charge on any atom is 0.273 e. The summed E-state index contributed by atoms with van der Waals surface area (Å²) in [7, 11) is 0. The summed E-state index contributed by atoms with van der Waals surface area (Å²) in [6.45, 7) is 1.99. The lowest BCUT2D eigenvalue weighted by atomic mass is 9.82. The van der Waals surface area contributed by atoms with Crippen molar-refractivity contribution in [3.63, 3.8) is 0 Å². The Kier molecular flexibility index (Phi) is 6.85. The molecule has 2 fully saturated rings. The van der Waals surface area contributed by atoms with E-state index in [4.69, 9.17) is 0 Å². The minimum absolute atomic E-state index is 0. The van der Waals surface area contributed by atoms with E-state index < -0.39 is 0 Å². The Morgan fingerprint density at radius 2 is 1.74 bits per heavy atom. The summed E-state index contributed by atoms with van der Waals surface area (Å²) >= 11 is 0. The Hall–Kier alpha value is -1.92. The quantitative estimate of drug-likeness (QED) is 0.842. The molecule has 0 spiro atoms. The molecule has 2 N–H and O–H groups in total. The number of hydrogen-bond donors (Lipinski definition) is 2. The average Bonchev–Trinajstić information content (AvgIpc) is 3.20. The molecule has 2 heterocycles. The number of rotatable bonds is 4. The smallest absolute Gasteiger partial charge is 0.273 e. The van der Waals surface area contributed by atoms with Gasteiger partial charge in [0, 0.05) is 6.04 Å². The molecule has 1 aromatic carbocycles. The van der Waals surface area contributed by atoms with Crippen molar-refractivity contribution >= 4 is 18.3 Å². The van der Waals surface area contributed by atoms with Gasteiger partial charge >= 0.3 is 0 Å². The molecule has 0 bridgehead atoms. The van der Waals surface area contributed by atoms with Crippen LogP contribution < -0.4 is 10.6 Å². The lowest BCUT2D eigenvalue weighted by Gasteiger charge is -2.29. The number of carbonyl (C=O) groups excluding carboxylic acids is 1. The van der Waals surface area contributed by atoms with Crippen molar-refractivity contribution in [3.05, 3.63) is 47.8 Å². The van der Waals surface area contributed by atoms with E-state index in [1.54, 1.807) is 6.20 Å². The van der Waals surface area contributed by atoms with Crippen molar-refractivity contribution in [2.75, 3.05) is 13.1 Å². The van der Waals surface area contributed by atoms with Crippen molar-refractivity contribution in [2.45, 2.75) is 56.5 Å². The first kappa shape index (κ1) is 19.8. The van der Waals surface area contributed by atoms with E-state index in [1.807, 2.05) is 4.68 Å². The first-order valence-corrected chi connectivity index (χ1v) is 9.78. The summed E-state index contributed by atoms with van der Waals surface area (Å²) in [6.07, 6.45) is 8.16. The minimum Gasteiger partial charge on any atom is -0.348 e. The van der Waals surface area contributed by atoms with Gasteiger partial charge in [-0.2, -0.15) is 0 Å². The van der Waals surface area contributed by atoms with Crippen LogP contribution in [0.2, 0.25) is 0 Å². The lowest BCUT2D eigenvalue weighted by Crippen LogP contribution is -2.37. The molecule has 0 unspecified atom stereocenters. The second-order valence-electron chi connectivity index (χ2n) is 7.50. The molecule has 0 atom stereocenters. The minimum atomic E-state index is -0.0895. The Bertz CT molecular complexity index is 721. The molecule has 1 saturated heterocycles. The number of piperidine rings is 1. The monoisotopic (exact) mass is 389 g/mol. The highest BCUT2D eigenvalue weighted by atomic mass is 35.5. The van der Waals surface area contributed by atoms with Crippen LogP contribution in [-0.4, -0.2) is 40.0 Å². The third-order valence-electron chi connectivity index (χ3n) is 5.76. The van der Waals surface area contributed by atoms with Crippen molar-refractivity contribution in [1.29, 1.82) is 0 Å². The van der Waals surface area contributed by atoms with E-state index in [2.05, 4.69) is 51.3 Å². The molecule has 27 heavy (non-hydrogen) atoms. The first-order chi connectivity index (χ1) is 12.8. The van der Waals surface area contributed by atoms with E-state index in [0.717, 1.165) is 51.6 Å². The van der Waals surface area contributed by atoms with Crippen molar-refractivity contribution < 1.29 is 4.79 Å². The number of nitrogens with one attached hydrogen (secondary N) is 2. The summed E-state index contributed by atoms with van der Waals surface area (Å²) in [5.74, 6) is 0.526. The summed E-state index contributed by atoms with van der Waals surface area (Å²) in [5, 5.41) is 14.8. The fraction of sp³-hybridized carbons (Fsp3) is 0.550. The van der Waals surface area contributed by atoms with Gasteiger partial charge in [-0.05, 0) is 63.1 Å². The largest absolute Gasteiger partial charge is 0.348 e. The predicted octanol–water partition coefficient (Wildman–Crippen LogP) is 3.08. The lowest BCUT2D eigenvalue weighted by molar-refractivity contribution is 0.0920. The zero-order valence-electron chi connectivity index (χ0n) is 15.5. The highest BCUT2D eigenvalue weighted by Crippen LogP contribution is 2.32. The summed E-state index contributed by atoms with van der Waals surface area (Å²) in [6, 6.07) is 11.3. The van der Waals surface area contributed by atoms with Gasteiger partial charge in [0.2, 0.25) is 0 Å². The molecule has 1 aliphatic heterocycles. The van der Waals surface area contributed by atoms with Gasteiger partial charge in [0.15, 0.2) is 5.69 Å². The fourth-order valence-electron chi connectivity index (χ4n) is 4.19. The van der Waals surface area contributed by atoms with Crippen molar-refractivity contribution in [1.82, 2.24) is 25.6 Å². The van der Waals surface area contributed by atoms with Crippen LogP contribution >= 0.6 is 12.4 Å². The third-order valence-corrected chi connectivity index (χ3v) is 5.76. The van der Waals surface area contributed by atoms with E-state index in [-0.39, 0.29) is 24.4 Å². The molecule has 1 amide bonds. The molecule has 146 valence electrons. The van der Waals surface area contributed by atoms with Gasteiger partial charge in [0.25, 0.3) is 5.91 Å². The van der Waals surface area contributed by atoms with Crippen molar-refractivity contribution in [2.24, 2.45) is 0 Å². The molecule has 2 aromatic rings. The van der Waals surface area contributed by atoms with Crippen LogP contribution in [0.15, 0.2) is 36.5 Å². The standard InChI is InChI=1S/C20H27N5O.ClH/c26-20(19-14-25(24-23-19)18-10-12-21-13-11-18)22-17-8-6-16(7-9-17)15-4-2-1-3-5-15;/h1-5,14,16-18,21H,6-13H2,(H,22,26);1H. The van der Waals surface area contributed by atoms with E-state index in [9.17, 15) is 4.79 Å². The summed E-state index contributed by atoms with van der Waals surface area (Å²) in [5.41, 5.74) is 1.86. The SMILES string of the molecule is Cl.O=C(NC1CCC(c2ccccc2)CC1)c1cn(C2CCNCC2)nn1. The Morgan fingerprint density at radius 1 is 1.04 bits per heavy atom. The number of nitrogens with zero attached hydrogens (tertiary/aromatic N) is 3. The number of amides is 1. The molecule has 1 aromatic heterocycles. The molecule has 1 saturated carbocycles. The number of carbonyl (C=O) groups is 1. The van der Waals surface area contributed by atoms with Crippen LogP contribution in [0.25, 0.3) is 0 Å². The molecule has 2 aliphatic rings. The molecule has 4 rings (SSSR count). The predicted molar refractivity (Wildman–Crippen MR) is 107 cm³/mol. The fourth-order valence-corrected chi connectivity index (χ4v) is 4.19. The summed E-state index contributed by atoms with van der Waals surface area (Å²) < 4.78 is 1.86. The summed E-state index contributed by atoms with van der Waals surface area (Å²) in [4.78, 5) is 12.5. The average molecular weight is 390 g/mol. The third kappa shape index (κ3) is 4.87. The molecule has 6 nitrogen and oxygen atoms in total. The molecule has 7 heteroatoms. The van der Waals surface area contributed by atoms with Gasteiger partial charge in [-0.15, -0.1) is 17.5 Å². The Labute approximate surface area is 166 Å². The van der Waals surface area contributed by atoms with E-state index in [0.29, 0.717) is 17.7 Å². The van der Waals surface area contributed by atoms with Gasteiger partial charge in [-0.3, -0.25) is 4.79 Å². The van der Waals surface area contributed by atoms with Gasteiger partial charge in [-0.25, -0.2) is 4.68 Å². The maximum absolute atomic E-state index is 12.5. The molecular weight excluding hydrogens is 362 g/mol. The van der Waals surface area contributed by atoms with E-state index >= 15 is 0 Å². The van der Waals surface area contributed by atoms with Gasteiger partial charge < -0.3 is 10.6 Å². The number of aromatic nitrogens is 3. The van der Waals surface area contributed by atoms with Crippen LogP contribution in [0.4, 0.5) is 0 Å². The number of hydrogen-bond acceptors (Lipinski definition) is 4. The van der Waals surface area contributed by atoms with Crippen LogP contribution in [-0.2, 0) is 0 Å². The Balaban J connectivity index is 0.00000210. The number of halogens is 1. The van der Waals surface area contributed by atoms with Gasteiger partial charge in [0.1, 0.15) is 0 Å². The highest BCUT2D eigenvalue weighted by molar-refractivity contribution is 5.92. The van der Waals surface area contributed by atoms with Gasteiger partial charge in [-0.1, -0.05) is 35.5 Å². The highest BCUT2D eigenvalue weighted by Gasteiger charge is 2.25.